The number of allylic oxidation sites excluding steroid dienone is 1. The summed E-state index contributed by atoms with van der Waals surface area (Å²) in [6, 6.07) is 3.90. The maximum absolute atomic E-state index is 12.4. The Hall–Kier alpha value is -1.77. The minimum atomic E-state index is -0.617. The van der Waals surface area contributed by atoms with Crippen molar-refractivity contribution in [3.8, 4) is 11.5 Å². The highest BCUT2D eigenvalue weighted by atomic mass is 16.5. The lowest BCUT2D eigenvalue weighted by Crippen LogP contribution is -2.39. The molecule has 0 amide bonds. The lowest BCUT2D eigenvalue weighted by Gasteiger charge is -2.38. The first kappa shape index (κ1) is 16.1. The molecule has 3 rings (SSSR count). The number of ether oxygens (including phenoxy) is 1. The van der Waals surface area contributed by atoms with Crippen LogP contribution < -0.4 is 4.74 Å². The van der Waals surface area contributed by atoms with Crippen molar-refractivity contribution in [2.24, 2.45) is 0 Å². The van der Waals surface area contributed by atoms with Crippen molar-refractivity contribution >= 4 is 11.4 Å². The van der Waals surface area contributed by atoms with Gasteiger partial charge in [0, 0.05) is 12.0 Å². The average molecular weight is 314 g/mol. The Morgan fingerprint density at radius 1 is 1.22 bits per heavy atom. The van der Waals surface area contributed by atoms with Gasteiger partial charge in [-0.25, -0.2) is 0 Å². The molecule has 1 aromatic rings. The Morgan fingerprint density at radius 2 is 2.00 bits per heavy atom. The first-order valence-electron chi connectivity index (χ1n) is 8.76. The van der Waals surface area contributed by atoms with Gasteiger partial charge in [-0.3, -0.25) is 4.79 Å². The third-order valence-electron chi connectivity index (χ3n) is 4.89. The molecule has 1 heterocycles. The largest absolute Gasteiger partial charge is 0.507 e. The predicted molar refractivity (Wildman–Crippen MR) is 91.8 cm³/mol. The summed E-state index contributed by atoms with van der Waals surface area (Å²) in [6.45, 7) is 6.09. The van der Waals surface area contributed by atoms with Crippen molar-refractivity contribution < 1.29 is 14.6 Å². The molecule has 1 aliphatic heterocycles. The van der Waals surface area contributed by atoms with Gasteiger partial charge in [-0.05, 0) is 62.8 Å². The zero-order chi connectivity index (χ0) is 16.6. The van der Waals surface area contributed by atoms with Crippen LogP contribution in [-0.2, 0) is 11.2 Å². The predicted octanol–water partition coefficient (Wildman–Crippen LogP) is 4.80. The maximum atomic E-state index is 12.4. The van der Waals surface area contributed by atoms with E-state index in [0.717, 1.165) is 53.7 Å². The summed E-state index contributed by atoms with van der Waals surface area (Å²) >= 11 is 0. The molecule has 0 saturated carbocycles. The highest BCUT2D eigenvalue weighted by molar-refractivity contribution is 6.07. The fourth-order valence-corrected chi connectivity index (χ4v) is 3.88. The zero-order valence-electron chi connectivity index (χ0n) is 14.4. The number of hydrogen-bond acceptors (Lipinski definition) is 3. The molecular formula is C20H26O3. The van der Waals surface area contributed by atoms with Crippen LogP contribution in [0.25, 0.3) is 5.57 Å². The molecular weight excluding hydrogens is 288 g/mol. The first-order chi connectivity index (χ1) is 10.9. The number of ketones is 1. The molecule has 0 atom stereocenters. The van der Waals surface area contributed by atoms with Gasteiger partial charge in [-0.2, -0.15) is 0 Å². The molecule has 0 aromatic heterocycles. The van der Waals surface area contributed by atoms with Gasteiger partial charge in [0.2, 0.25) is 0 Å². The highest BCUT2D eigenvalue weighted by Crippen LogP contribution is 2.49. The number of carbonyl (C=O) groups is 1. The second-order valence-corrected chi connectivity index (χ2v) is 7.19. The molecule has 0 spiro atoms. The van der Waals surface area contributed by atoms with Crippen molar-refractivity contribution in [3.63, 3.8) is 0 Å². The van der Waals surface area contributed by atoms with Gasteiger partial charge in [0.15, 0.2) is 5.78 Å². The molecule has 0 unspecified atom stereocenters. The molecule has 1 N–H and O–H groups in total. The summed E-state index contributed by atoms with van der Waals surface area (Å²) in [5.74, 6) is 1.15. The lowest BCUT2D eigenvalue weighted by atomic mass is 9.76. The van der Waals surface area contributed by atoms with E-state index >= 15 is 0 Å². The molecule has 3 heteroatoms. The van der Waals surface area contributed by atoms with Crippen LogP contribution >= 0.6 is 0 Å². The molecule has 124 valence electrons. The second-order valence-electron chi connectivity index (χ2n) is 7.19. The van der Waals surface area contributed by atoms with E-state index < -0.39 is 5.60 Å². The second kappa shape index (κ2) is 6.03. The summed E-state index contributed by atoms with van der Waals surface area (Å²) in [4.78, 5) is 12.4. The lowest BCUT2D eigenvalue weighted by molar-refractivity contribution is -0.117. The Balaban J connectivity index is 2.05. The van der Waals surface area contributed by atoms with Crippen LogP contribution in [0.3, 0.4) is 0 Å². The molecule has 2 aliphatic rings. The van der Waals surface area contributed by atoms with Crippen LogP contribution in [0.1, 0.15) is 70.4 Å². The monoisotopic (exact) mass is 314 g/mol. The van der Waals surface area contributed by atoms with Gasteiger partial charge < -0.3 is 9.84 Å². The summed E-state index contributed by atoms with van der Waals surface area (Å²) in [7, 11) is 0. The molecule has 1 aromatic carbocycles. The van der Waals surface area contributed by atoms with Gasteiger partial charge in [0.25, 0.3) is 0 Å². The summed E-state index contributed by atoms with van der Waals surface area (Å²) in [5.41, 5.74) is 2.98. The third kappa shape index (κ3) is 2.89. The average Bonchev–Trinajstić information content (AvgIpc) is 2.46. The number of rotatable bonds is 4. The number of unbranched alkanes of at least 4 members (excludes halogenated alkanes) is 2. The molecule has 1 aliphatic carbocycles. The number of aromatic hydroxyl groups is 1. The third-order valence-corrected chi connectivity index (χ3v) is 4.89. The molecule has 0 fully saturated rings. The van der Waals surface area contributed by atoms with Crippen molar-refractivity contribution in [3.05, 3.63) is 28.8 Å². The zero-order valence-corrected chi connectivity index (χ0v) is 14.4. The molecule has 3 nitrogen and oxygen atoms in total. The van der Waals surface area contributed by atoms with E-state index in [-0.39, 0.29) is 11.5 Å². The van der Waals surface area contributed by atoms with E-state index in [1.54, 1.807) is 0 Å². The van der Waals surface area contributed by atoms with Gasteiger partial charge in [0.1, 0.15) is 17.1 Å². The number of carbonyl (C=O) groups excluding carboxylic acids is 1. The smallest absolute Gasteiger partial charge is 0.163 e. The van der Waals surface area contributed by atoms with Crippen LogP contribution in [-0.4, -0.2) is 16.5 Å². The number of Topliss-reactive ketones (excluding diaryl/α,β-unsaturated/α-hetero) is 1. The number of phenols is 1. The fourth-order valence-electron chi connectivity index (χ4n) is 3.88. The standard InChI is InChI=1S/C20H26O3/c1-4-5-6-8-13-11-16(22)18-14-9-7-10-15(21)19(14)20(2,3)23-17(18)12-13/h11-12,22H,4-10H2,1-3H3. The van der Waals surface area contributed by atoms with Gasteiger partial charge >= 0.3 is 0 Å². The van der Waals surface area contributed by atoms with Gasteiger partial charge in [-0.15, -0.1) is 0 Å². The molecule has 0 saturated heterocycles. The Bertz CT molecular complexity index is 668. The van der Waals surface area contributed by atoms with E-state index in [0.29, 0.717) is 6.42 Å². The number of benzene rings is 1. The van der Waals surface area contributed by atoms with Crippen LogP contribution in [0.15, 0.2) is 17.7 Å². The van der Waals surface area contributed by atoms with Crippen molar-refractivity contribution in [2.75, 3.05) is 0 Å². The SMILES string of the molecule is CCCCCc1cc(O)c2c(c1)OC(C)(C)C1=C2CCCC1=O. The normalized spacial score (nSPS) is 19.2. The van der Waals surface area contributed by atoms with Crippen LogP contribution in [0.2, 0.25) is 0 Å². The number of phenolic OH excluding ortho intramolecular Hbond substituents is 1. The minimum Gasteiger partial charge on any atom is -0.507 e. The maximum Gasteiger partial charge on any atom is 0.163 e. The van der Waals surface area contributed by atoms with E-state index in [9.17, 15) is 9.90 Å². The number of fused-ring (bicyclic) bond motifs is 2. The Kier molecular flexibility index (Phi) is 4.22. The van der Waals surface area contributed by atoms with Gasteiger partial charge in [0.05, 0.1) is 5.56 Å². The fraction of sp³-hybridized carbons (Fsp3) is 0.550. The Labute approximate surface area is 138 Å². The van der Waals surface area contributed by atoms with Crippen LogP contribution in [0, 0.1) is 0 Å². The van der Waals surface area contributed by atoms with E-state index in [4.69, 9.17) is 4.74 Å². The molecule has 23 heavy (non-hydrogen) atoms. The summed E-state index contributed by atoms with van der Waals surface area (Å²) < 4.78 is 6.15. The van der Waals surface area contributed by atoms with Crippen molar-refractivity contribution in [2.45, 2.75) is 71.3 Å². The van der Waals surface area contributed by atoms with E-state index in [1.165, 1.54) is 12.8 Å². The topological polar surface area (TPSA) is 46.5 Å². The Morgan fingerprint density at radius 3 is 2.74 bits per heavy atom. The minimum absolute atomic E-state index is 0.160. The van der Waals surface area contributed by atoms with E-state index in [1.807, 2.05) is 19.9 Å². The highest BCUT2D eigenvalue weighted by Gasteiger charge is 2.41. The summed E-state index contributed by atoms with van der Waals surface area (Å²) in [5, 5.41) is 10.6. The molecule has 0 bridgehead atoms. The van der Waals surface area contributed by atoms with Crippen molar-refractivity contribution in [1.29, 1.82) is 0 Å². The summed E-state index contributed by atoms with van der Waals surface area (Å²) in [6.07, 6.45) is 6.70. The van der Waals surface area contributed by atoms with Crippen LogP contribution in [0.5, 0.6) is 11.5 Å². The van der Waals surface area contributed by atoms with Crippen LogP contribution in [0.4, 0.5) is 0 Å². The number of hydrogen-bond donors (Lipinski definition) is 1. The number of aryl methyl sites for hydroxylation is 1. The van der Waals surface area contributed by atoms with Crippen molar-refractivity contribution in [1.82, 2.24) is 0 Å². The van der Waals surface area contributed by atoms with Gasteiger partial charge in [-0.1, -0.05) is 19.8 Å². The van der Waals surface area contributed by atoms with E-state index in [2.05, 4.69) is 13.0 Å². The molecule has 0 radical (unpaired) electrons. The first-order valence-corrected chi connectivity index (χ1v) is 8.76. The quantitative estimate of drug-likeness (QED) is 0.812.